The Morgan fingerprint density at radius 2 is 1.96 bits per heavy atom. The Kier molecular flexibility index (Phi) is 5.02. The first kappa shape index (κ1) is 18.5. The summed E-state index contributed by atoms with van der Waals surface area (Å²) in [4.78, 5) is 28.1. The minimum Gasteiger partial charge on any atom is -0.378 e. The second-order valence-corrected chi connectivity index (χ2v) is 7.74. The number of benzene rings is 1. The number of hydrogen-bond donors (Lipinski definition) is 1. The minimum absolute atomic E-state index is 0.145. The third-order valence-electron chi connectivity index (χ3n) is 4.93. The van der Waals surface area contributed by atoms with E-state index < -0.39 is 0 Å². The van der Waals surface area contributed by atoms with Gasteiger partial charge in [0.25, 0.3) is 11.5 Å². The molecule has 144 valence electrons. The van der Waals surface area contributed by atoms with Crippen LogP contribution in [0, 0.1) is 0 Å². The Labute approximate surface area is 167 Å². The average molecular weight is 395 g/mol. The van der Waals surface area contributed by atoms with E-state index in [4.69, 9.17) is 4.74 Å². The van der Waals surface area contributed by atoms with Crippen molar-refractivity contribution in [3.8, 4) is 10.4 Å². The fourth-order valence-corrected chi connectivity index (χ4v) is 3.96. The number of hydrogen-bond acceptors (Lipinski definition) is 5. The van der Waals surface area contributed by atoms with Crippen molar-refractivity contribution >= 4 is 28.6 Å². The molecule has 28 heavy (non-hydrogen) atoms. The van der Waals surface area contributed by atoms with Crippen LogP contribution in [0.3, 0.4) is 0 Å². The molecule has 6 nitrogen and oxygen atoms in total. The van der Waals surface area contributed by atoms with Crippen LogP contribution in [-0.4, -0.2) is 36.8 Å². The zero-order valence-corrected chi connectivity index (χ0v) is 16.5. The number of pyridine rings is 1. The third-order valence-corrected chi connectivity index (χ3v) is 5.83. The van der Waals surface area contributed by atoms with Crippen LogP contribution >= 0.6 is 11.3 Å². The van der Waals surface area contributed by atoms with E-state index in [1.807, 2.05) is 41.8 Å². The molecule has 0 bridgehead atoms. The smallest absolute Gasteiger partial charge is 0.257 e. The third kappa shape index (κ3) is 3.58. The lowest BCUT2D eigenvalue weighted by atomic mass is 10.1. The molecular weight excluding hydrogens is 374 g/mol. The number of carbonyl (C=O) groups is 1. The Morgan fingerprint density at radius 3 is 2.61 bits per heavy atom. The standard InChI is InChI=1S/C21H21N3O3S/c1-23-13-18(17(10-20(23)25)19-4-3-9-28-19)21(26)22-14-5-7-15(8-6-14)24-11-16(12-24)27-2/h3-10,13,16H,11-12H2,1-2H3,(H,22,26). The van der Waals surface area contributed by atoms with Crippen molar-refractivity contribution in [3.05, 3.63) is 70.0 Å². The molecule has 0 unspecified atom stereocenters. The summed E-state index contributed by atoms with van der Waals surface area (Å²) in [5.74, 6) is -0.241. The highest BCUT2D eigenvalue weighted by molar-refractivity contribution is 7.13. The zero-order chi connectivity index (χ0) is 19.7. The molecule has 1 aliphatic heterocycles. The Bertz CT molecular complexity index is 1040. The van der Waals surface area contributed by atoms with Crippen LogP contribution < -0.4 is 15.8 Å². The van der Waals surface area contributed by atoms with Crippen molar-refractivity contribution in [2.24, 2.45) is 7.05 Å². The highest BCUT2D eigenvalue weighted by Crippen LogP contribution is 2.28. The summed E-state index contributed by atoms with van der Waals surface area (Å²) in [5.41, 5.74) is 2.79. The maximum atomic E-state index is 12.9. The quantitative estimate of drug-likeness (QED) is 0.721. The highest BCUT2D eigenvalue weighted by Gasteiger charge is 2.26. The molecule has 1 saturated heterocycles. The van der Waals surface area contributed by atoms with Crippen molar-refractivity contribution in [3.63, 3.8) is 0 Å². The summed E-state index contributed by atoms with van der Waals surface area (Å²) in [6, 6.07) is 13.1. The van der Waals surface area contributed by atoms with Gasteiger partial charge in [-0.15, -0.1) is 11.3 Å². The normalized spacial score (nSPS) is 14.0. The van der Waals surface area contributed by atoms with Crippen molar-refractivity contribution in [2.75, 3.05) is 30.4 Å². The lowest BCUT2D eigenvalue weighted by Gasteiger charge is -2.40. The molecule has 0 atom stereocenters. The molecule has 7 heteroatoms. The second kappa shape index (κ2) is 7.61. The first-order valence-electron chi connectivity index (χ1n) is 8.99. The molecule has 2 aromatic heterocycles. The SMILES string of the molecule is COC1CN(c2ccc(NC(=O)c3cn(C)c(=O)cc3-c3cccs3)cc2)C1. The van der Waals surface area contributed by atoms with Gasteiger partial charge in [0.1, 0.15) is 0 Å². The molecule has 3 aromatic rings. The fourth-order valence-electron chi connectivity index (χ4n) is 3.20. The van der Waals surface area contributed by atoms with Crippen LogP contribution in [0.1, 0.15) is 10.4 Å². The van der Waals surface area contributed by atoms with Crippen molar-refractivity contribution in [1.29, 1.82) is 0 Å². The van der Waals surface area contributed by atoms with E-state index in [0.29, 0.717) is 22.9 Å². The number of aryl methyl sites for hydroxylation is 1. The monoisotopic (exact) mass is 395 g/mol. The number of amides is 1. The first-order chi connectivity index (χ1) is 13.5. The minimum atomic E-state index is -0.241. The maximum absolute atomic E-state index is 12.9. The summed E-state index contributed by atoms with van der Waals surface area (Å²) in [6.45, 7) is 1.76. The van der Waals surface area contributed by atoms with Crippen molar-refractivity contribution in [1.82, 2.24) is 4.57 Å². The molecule has 1 fully saturated rings. The predicted molar refractivity (Wildman–Crippen MR) is 112 cm³/mol. The summed E-state index contributed by atoms with van der Waals surface area (Å²) in [5, 5.41) is 4.86. The summed E-state index contributed by atoms with van der Waals surface area (Å²) < 4.78 is 6.72. The van der Waals surface area contributed by atoms with Crippen LogP contribution in [0.25, 0.3) is 10.4 Å². The molecule has 1 aliphatic rings. The van der Waals surface area contributed by atoms with Gasteiger partial charge in [0, 0.05) is 61.3 Å². The van der Waals surface area contributed by atoms with Crippen molar-refractivity contribution in [2.45, 2.75) is 6.10 Å². The van der Waals surface area contributed by atoms with Crippen LogP contribution in [0.4, 0.5) is 11.4 Å². The van der Waals surface area contributed by atoms with Gasteiger partial charge in [0.05, 0.1) is 11.7 Å². The first-order valence-corrected chi connectivity index (χ1v) is 9.87. The number of carbonyl (C=O) groups excluding carboxylic acids is 1. The largest absolute Gasteiger partial charge is 0.378 e. The number of anilines is 2. The molecule has 3 heterocycles. The molecule has 4 rings (SSSR count). The number of nitrogens with one attached hydrogen (secondary N) is 1. The zero-order valence-electron chi connectivity index (χ0n) is 15.7. The lowest BCUT2D eigenvalue weighted by molar-refractivity contribution is 0.0788. The molecule has 0 saturated carbocycles. The number of thiophene rings is 1. The number of aromatic nitrogens is 1. The Morgan fingerprint density at radius 1 is 1.21 bits per heavy atom. The number of rotatable bonds is 5. The van der Waals surface area contributed by atoms with Gasteiger partial charge in [-0.3, -0.25) is 9.59 Å². The van der Waals surface area contributed by atoms with Gasteiger partial charge in [-0.1, -0.05) is 6.07 Å². The van der Waals surface area contributed by atoms with Crippen LogP contribution in [0.15, 0.2) is 58.8 Å². The number of ether oxygens (including phenoxy) is 1. The van der Waals surface area contributed by atoms with Crippen LogP contribution in [-0.2, 0) is 11.8 Å². The van der Waals surface area contributed by atoms with E-state index in [2.05, 4.69) is 10.2 Å². The second-order valence-electron chi connectivity index (χ2n) is 6.79. The van der Waals surface area contributed by atoms with Crippen LogP contribution in [0.2, 0.25) is 0 Å². The Hall–Kier alpha value is -2.90. The van der Waals surface area contributed by atoms with Gasteiger partial charge in [-0.25, -0.2) is 0 Å². The molecular formula is C21H21N3O3S. The van der Waals surface area contributed by atoms with E-state index >= 15 is 0 Å². The van der Waals surface area contributed by atoms with Gasteiger partial charge in [0.2, 0.25) is 0 Å². The molecule has 1 amide bonds. The summed E-state index contributed by atoms with van der Waals surface area (Å²) in [7, 11) is 3.37. The summed E-state index contributed by atoms with van der Waals surface area (Å²) in [6.07, 6.45) is 1.88. The van der Waals surface area contributed by atoms with Gasteiger partial charge in [-0.05, 0) is 35.7 Å². The highest BCUT2D eigenvalue weighted by atomic mass is 32.1. The molecule has 1 N–H and O–H groups in total. The number of methoxy groups -OCH3 is 1. The van der Waals surface area contributed by atoms with E-state index in [9.17, 15) is 9.59 Å². The van der Waals surface area contributed by atoms with E-state index in [1.54, 1.807) is 20.4 Å². The van der Waals surface area contributed by atoms with E-state index in [1.165, 1.54) is 22.0 Å². The van der Waals surface area contributed by atoms with Gasteiger partial charge < -0.3 is 19.5 Å². The van der Waals surface area contributed by atoms with Gasteiger partial charge in [-0.2, -0.15) is 0 Å². The van der Waals surface area contributed by atoms with Crippen molar-refractivity contribution < 1.29 is 9.53 Å². The lowest BCUT2D eigenvalue weighted by Crippen LogP contribution is -2.51. The fraction of sp³-hybridized carbons (Fsp3) is 0.238. The topological polar surface area (TPSA) is 63.6 Å². The maximum Gasteiger partial charge on any atom is 0.257 e. The predicted octanol–water partition coefficient (Wildman–Crippen LogP) is 3.20. The average Bonchev–Trinajstić information content (AvgIpc) is 3.18. The van der Waals surface area contributed by atoms with Gasteiger partial charge in [0.15, 0.2) is 0 Å². The molecule has 0 radical (unpaired) electrons. The number of nitrogens with zero attached hydrogens (tertiary/aromatic N) is 2. The van der Waals surface area contributed by atoms with E-state index in [0.717, 1.165) is 23.7 Å². The van der Waals surface area contributed by atoms with Gasteiger partial charge >= 0.3 is 0 Å². The van der Waals surface area contributed by atoms with E-state index in [-0.39, 0.29) is 11.5 Å². The molecule has 0 spiro atoms. The summed E-state index contributed by atoms with van der Waals surface area (Å²) >= 11 is 1.50. The Balaban J connectivity index is 1.54. The van der Waals surface area contributed by atoms with Crippen LogP contribution in [0.5, 0.6) is 0 Å². The molecule has 0 aliphatic carbocycles. The molecule has 1 aromatic carbocycles.